The predicted molar refractivity (Wildman–Crippen MR) is 483 cm³/mol. The van der Waals surface area contributed by atoms with Crippen LogP contribution in [0.15, 0.2) is 0 Å². The lowest BCUT2D eigenvalue weighted by Gasteiger charge is -2.31. The molecule has 0 aliphatic heterocycles. The van der Waals surface area contributed by atoms with E-state index in [-0.39, 0.29) is 121 Å². The van der Waals surface area contributed by atoms with E-state index in [1.165, 1.54) is 14.2 Å². The van der Waals surface area contributed by atoms with E-state index in [1.807, 2.05) is 20.8 Å². The van der Waals surface area contributed by atoms with Crippen molar-refractivity contribution in [3.05, 3.63) is 0 Å². The van der Waals surface area contributed by atoms with E-state index in [4.69, 9.17) is 28.4 Å². The molecule has 0 bridgehead atoms. The lowest BCUT2D eigenvalue weighted by molar-refractivity contribution is -0.183. The molecule has 0 aliphatic carbocycles. The number of carbonyl (C=O) groups is 24. The molecule has 135 heavy (non-hydrogen) atoms. The van der Waals surface area contributed by atoms with Crippen molar-refractivity contribution in [2.24, 2.45) is 61.1 Å². The number of rotatable bonds is 42. The Morgan fingerprint density at radius 3 is 0.593 bits per heavy atom. The smallest absolute Gasteiger partial charge is 0.331 e. The van der Waals surface area contributed by atoms with Gasteiger partial charge in [0.1, 0.15) is 0 Å². The van der Waals surface area contributed by atoms with Crippen LogP contribution in [0, 0.1) is 61.1 Å². The van der Waals surface area contributed by atoms with Gasteiger partial charge in [0.2, 0.25) is 0 Å². The molecule has 6 atom stereocenters. The second-order valence-corrected chi connectivity index (χ2v) is 31.7. The molecule has 40 heteroatoms. The van der Waals surface area contributed by atoms with Gasteiger partial charge in [-0.15, -0.1) is 0 Å². The standard InChI is InChI=1S/2C13H22O5.3C12H20O5.3C11H18O5/c1-7-13(8(2)3,11(15)17-9(4)5)12(16)18-10(6)14;1-5-8-9-13(6-2,11(15)17-7-3)12(16)18-10(4)14;1-6-12(8(3)4,10(14)16-7-2)11(15)17-9(5)13;1-6-12(7-2,10(14)16-8(3)4)11(15)17-9(5)13;1-5-8-12(6-2,10(14)16-7-3)11(15)17-9(4)13;1-6-11(7(2)3,9(13)15-5)10(14)16-8(4)12;1-5-7-11(6-2,9(13)15-4)10(14)16-8(3)12;1-5-11(6-2,9(13)15-7-3)10(14)16-8(4)12/h8-9H,7H2,1-6H3;5-9H2,1-4H3;2*8H,6-7H2,1-5H3;5-8H2,1-4H3;7H,6H2,1-5H3;2*5-7H2,1-4H3/t2*13-;12-;;12-;2*11-;/m000.000./s1. The molecule has 0 aliphatic rings. The molecule has 778 valence electrons. The maximum absolute atomic E-state index is 12.1. The Labute approximate surface area is 796 Å². The van der Waals surface area contributed by atoms with E-state index in [0.29, 0.717) is 38.5 Å². The fourth-order valence-electron chi connectivity index (χ4n) is 13.1. The van der Waals surface area contributed by atoms with E-state index in [1.54, 1.807) is 166 Å². The first kappa shape index (κ1) is 139. The molecule has 0 saturated carbocycles. The second-order valence-electron chi connectivity index (χ2n) is 31.7. The zero-order valence-electron chi connectivity index (χ0n) is 87.1. The zero-order valence-corrected chi connectivity index (χ0v) is 87.1. The van der Waals surface area contributed by atoms with Crippen molar-refractivity contribution in [3.63, 3.8) is 0 Å². The summed E-state index contributed by atoms with van der Waals surface area (Å²) in [6.45, 7) is 56.2. The van der Waals surface area contributed by atoms with Crippen molar-refractivity contribution in [2.75, 3.05) is 40.6 Å². The molecule has 0 spiro atoms. The normalized spacial score (nSPS) is 13.2. The van der Waals surface area contributed by atoms with Crippen LogP contribution in [0.1, 0.15) is 351 Å². The Hall–Kier alpha value is -11.1. The fourth-order valence-corrected chi connectivity index (χ4v) is 13.1. The first-order chi connectivity index (χ1) is 62.4. The quantitative estimate of drug-likeness (QED) is 0.0311. The second kappa shape index (κ2) is 70.5. The van der Waals surface area contributed by atoms with Gasteiger partial charge in [-0.1, -0.05) is 157 Å². The Morgan fingerprint density at radius 1 is 0.200 bits per heavy atom. The van der Waals surface area contributed by atoms with E-state index in [0.717, 1.165) is 61.8 Å². The van der Waals surface area contributed by atoms with Gasteiger partial charge in [0.25, 0.3) is 0 Å². The Balaban J connectivity index is -0.000000228. The third kappa shape index (κ3) is 44.1. The highest BCUT2D eigenvalue weighted by molar-refractivity contribution is 6.08. The van der Waals surface area contributed by atoms with Crippen molar-refractivity contribution >= 4 is 143 Å². The topological polar surface area (TPSA) is 557 Å². The first-order valence-corrected chi connectivity index (χ1v) is 45.5. The fraction of sp³-hybridized carbons (Fsp3) is 0.747. The van der Waals surface area contributed by atoms with Crippen molar-refractivity contribution < 1.29 is 191 Å². The average Bonchev–Trinajstić information content (AvgIpc) is 0.776. The summed E-state index contributed by atoms with van der Waals surface area (Å²) < 4.78 is 75.3. The van der Waals surface area contributed by atoms with Crippen LogP contribution in [-0.2, 0) is 191 Å². The lowest BCUT2D eigenvalue weighted by Crippen LogP contribution is -2.46. The van der Waals surface area contributed by atoms with Crippen molar-refractivity contribution in [3.8, 4) is 0 Å². The van der Waals surface area contributed by atoms with Crippen LogP contribution in [-0.4, -0.2) is 196 Å². The van der Waals surface area contributed by atoms with E-state index >= 15 is 0 Å². The van der Waals surface area contributed by atoms with Gasteiger partial charge in [0, 0.05) is 55.4 Å². The summed E-state index contributed by atoms with van der Waals surface area (Å²) in [6.07, 6.45) is 5.51. The van der Waals surface area contributed by atoms with Gasteiger partial charge in [0.05, 0.1) is 52.9 Å². The van der Waals surface area contributed by atoms with Crippen LogP contribution in [0.5, 0.6) is 0 Å². The summed E-state index contributed by atoms with van der Waals surface area (Å²) in [6, 6.07) is 0. The molecule has 0 aromatic heterocycles. The molecule has 0 unspecified atom stereocenters. The highest BCUT2D eigenvalue weighted by Crippen LogP contribution is 2.40. The molecular weight excluding hydrogens is 1780 g/mol. The zero-order chi connectivity index (χ0) is 108. The Morgan fingerprint density at radius 2 is 0.393 bits per heavy atom. The highest BCUT2D eigenvalue weighted by Gasteiger charge is 2.56. The molecule has 0 saturated heterocycles. The van der Waals surface area contributed by atoms with Crippen LogP contribution in [0.3, 0.4) is 0 Å². The molecule has 40 nitrogen and oxygen atoms in total. The third-order valence-electron chi connectivity index (χ3n) is 21.3. The number of carbonyl (C=O) groups excluding carboxylic acids is 24. The van der Waals surface area contributed by atoms with Gasteiger partial charge in [-0.05, 0) is 157 Å². The molecule has 0 aromatic rings. The molecule has 0 fully saturated rings. The number of hydrogen-bond acceptors (Lipinski definition) is 40. The summed E-state index contributed by atoms with van der Waals surface area (Å²) in [5.74, 6) is -18.4. The van der Waals surface area contributed by atoms with Crippen LogP contribution in [0.25, 0.3) is 0 Å². The van der Waals surface area contributed by atoms with Gasteiger partial charge in [0.15, 0.2) is 43.3 Å². The summed E-state index contributed by atoms with van der Waals surface area (Å²) in [4.78, 5) is 276. The van der Waals surface area contributed by atoms with E-state index < -0.39 is 187 Å². The Bertz CT molecular complexity index is 3870. The molecule has 0 amide bonds. The lowest BCUT2D eigenvalue weighted by atomic mass is 9.75. The number of esters is 24. The summed E-state index contributed by atoms with van der Waals surface area (Å²) >= 11 is 0. The first-order valence-electron chi connectivity index (χ1n) is 45.5. The van der Waals surface area contributed by atoms with Gasteiger partial charge in [-0.25, -0.2) is 0 Å². The van der Waals surface area contributed by atoms with Gasteiger partial charge in [-0.3, -0.25) is 115 Å². The molecule has 0 N–H and O–H groups in total. The van der Waals surface area contributed by atoms with Gasteiger partial charge >= 0.3 is 143 Å². The van der Waals surface area contributed by atoms with Crippen LogP contribution < -0.4 is 0 Å². The Kier molecular flexibility index (Phi) is 72.8. The maximum Gasteiger partial charge on any atom is 0.331 e. The summed E-state index contributed by atoms with van der Waals surface area (Å²) in [5.41, 5.74) is -11.0. The monoisotopic (exact) mass is 1940 g/mol. The molecule has 0 rings (SSSR count). The minimum absolute atomic E-state index is 0.181. The van der Waals surface area contributed by atoms with Crippen LogP contribution in [0.4, 0.5) is 0 Å². The van der Waals surface area contributed by atoms with E-state index in [2.05, 4.69) is 47.4 Å². The van der Waals surface area contributed by atoms with Gasteiger partial charge in [-0.2, -0.15) is 0 Å². The average molecular weight is 1940 g/mol. The van der Waals surface area contributed by atoms with Crippen LogP contribution >= 0.6 is 0 Å². The van der Waals surface area contributed by atoms with E-state index in [9.17, 15) is 115 Å². The summed E-state index contributed by atoms with van der Waals surface area (Å²) in [7, 11) is 2.42. The molecule has 0 heterocycles. The largest absolute Gasteiger partial charge is 0.468 e. The minimum atomic E-state index is -1.42. The number of ether oxygens (including phenoxy) is 16. The molecular formula is C95H158O40. The van der Waals surface area contributed by atoms with Crippen molar-refractivity contribution in [2.45, 2.75) is 364 Å². The minimum Gasteiger partial charge on any atom is -0.468 e. The summed E-state index contributed by atoms with van der Waals surface area (Å²) in [5, 5.41) is 0. The number of unbranched alkanes of at least 4 members (excludes halogenated alkanes) is 1. The van der Waals surface area contributed by atoms with Gasteiger partial charge < -0.3 is 75.8 Å². The highest BCUT2D eigenvalue weighted by atomic mass is 16.6. The molecule has 0 radical (unpaired) electrons. The molecule has 0 aromatic carbocycles. The van der Waals surface area contributed by atoms with Crippen molar-refractivity contribution in [1.82, 2.24) is 0 Å². The SMILES string of the molecule is CCC(CC)(C(=O)OC(C)=O)C(=O)OC(C)C.CCCC[C@@](CC)(C(=O)OCC)C(=O)OC(C)=O.CCC[C@@](CC)(C(=O)OC)C(=O)OC(C)=O.CCC[C@@](CC)(C(=O)OCC)C(=O)OC(C)=O.CCOC(=O)C(CC)(CC)C(=O)OC(C)=O.CCOC(=O)[C@@](CC)(C(=O)OC(C)=O)C(C)C.CC[C@@](C(=O)OC(C)=O)(C(=O)OC(C)C)C(C)C.CC[C@](C(=O)OC)(C(=O)OC(C)=O)C(C)C. The third-order valence-corrected chi connectivity index (χ3v) is 21.3. The van der Waals surface area contributed by atoms with Crippen LogP contribution in [0.2, 0.25) is 0 Å². The predicted octanol–water partition coefficient (Wildman–Crippen LogP) is 13.9. The van der Waals surface area contributed by atoms with Crippen molar-refractivity contribution in [1.29, 1.82) is 0 Å². The number of hydrogen-bond donors (Lipinski definition) is 0. The maximum atomic E-state index is 12.1. The number of methoxy groups -OCH3 is 2.